The predicted molar refractivity (Wildman–Crippen MR) is 147 cm³/mol. The number of nitrogens with one attached hydrogen (secondary N) is 1. The zero-order valence-corrected chi connectivity index (χ0v) is 22.3. The van der Waals surface area contributed by atoms with Crippen molar-refractivity contribution in [1.82, 2.24) is 24.5 Å². The summed E-state index contributed by atoms with van der Waals surface area (Å²) in [5.41, 5.74) is 2.17. The normalized spacial score (nSPS) is 17.9. The van der Waals surface area contributed by atoms with Gasteiger partial charge < -0.3 is 24.8 Å². The minimum absolute atomic E-state index is 0.150. The van der Waals surface area contributed by atoms with E-state index < -0.39 is 17.5 Å². The van der Waals surface area contributed by atoms with Gasteiger partial charge in [0.1, 0.15) is 23.1 Å². The van der Waals surface area contributed by atoms with E-state index in [9.17, 15) is 13.6 Å². The molecular formula is C28H30F2N8O2. The number of likely N-dealkylation sites (N-methyl/N-ethyl adjacent to an activating group) is 1. The number of rotatable bonds is 6. The van der Waals surface area contributed by atoms with Crippen molar-refractivity contribution in [3.8, 4) is 5.75 Å². The van der Waals surface area contributed by atoms with E-state index in [0.29, 0.717) is 41.4 Å². The molecule has 1 amide bonds. The summed E-state index contributed by atoms with van der Waals surface area (Å²) in [4.78, 5) is 28.9. The molecule has 2 fully saturated rings. The Kier molecular flexibility index (Phi) is 6.93. The molecule has 2 saturated heterocycles. The SMILES string of the molecule is COc1cc(N2CCN(C)CC2)cnc1C(=O)Nc1cnn2ccc(N3CCC[C@@H]3c3cc(F)ccc3F)nc12. The molecule has 1 N–H and O–H groups in total. The summed E-state index contributed by atoms with van der Waals surface area (Å²) in [6.45, 7) is 4.27. The fourth-order valence-electron chi connectivity index (χ4n) is 5.42. The number of benzene rings is 1. The van der Waals surface area contributed by atoms with E-state index in [1.807, 2.05) is 11.0 Å². The molecule has 1 aromatic carbocycles. The molecule has 0 saturated carbocycles. The maximum absolute atomic E-state index is 14.6. The van der Waals surface area contributed by atoms with Gasteiger partial charge in [0.15, 0.2) is 17.1 Å². The van der Waals surface area contributed by atoms with Crippen molar-refractivity contribution in [2.45, 2.75) is 18.9 Å². The van der Waals surface area contributed by atoms with Gasteiger partial charge in [0.05, 0.1) is 31.2 Å². The summed E-state index contributed by atoms with van der Waals surface area (Å²) < 4.78 is 35.6. The maximum atomic E-state index is 14.6. The number of carbonyl (C=O) groups excluding carboxylic acids is 1. The largest absolute Gasteiger partial charge is 0.494 e. The third-order valence-corrected chi connectivity index (χ3v) is 7.61. The molecule has 208 valence electrons. The van der Waals surface area contributed by atoms with Gasteiger partial charge in [0, 0.05) is 50.6 Å². The molecule has 2 aliphatic rings. The molecule has 0 unspecified atom stereocenters. The maximum Gasteiger partial charge on any atom is 0.278 e. The number of hydrogen-bond acceptors (Lipinski definition) is 8. The Morgan fingerprint density at radius 2 is 1.90 bits per heavy atom. The quantitative estimate of drug-likeness (QED) is 0.390. The van der Waals surface area contributed by atoms with Crippen LogP contribution in [0.1, 0.15) is 34.9 Å². The summed E-state index contributed by atoms with van der Waals surface area (Å²) in [6.07, 6.45) is 6.42. The Hall–Kier alpha value is -4.32. The highest BCUT2D eigenvalue weighted by molar-refractivity contribution is 6.06. The number of carbonyl (C=O) groups is 1. The van der Waals surface area contributed by atoms with Crippen LogP contribution in [0, 0.1) is 11.6 Å². The van der Waals surface area contributed by atoms with Gasteiger partial charge in [0.25, 0.3) is 5.91 Å². The van der Waals surface area contributed by atoms with Crippen LogP contribution in [0.2, 0.25) is 0 Å². The van der Waals surface area contributed by atoms with Gasteiger partial charge in [0.2, 0.25) is 0 Å². The van der Waals surface area contributed by atoms with Crippen LogP contribution in [0.5, 0.6) is 5.75 Å². The first kappa shape index (κ1) is 25.9. The Balaban J connectivity index is 1.25. The molecule has 1 atom stereocenters. The number of nitrogens with zero attached hydrogens (tertiary/aromatic N) is 7. The number of hydrogen-bond donors (Lipinski definition) is 1. The fraction of sp³-hybridized carbons (Fsp3) is 0.357. The van der Waals surface area contributed by atoms with E-state index in [2.05, 4.69) is 32.2 Å². The molecule has 0 bridgehead atoms. The smallest absolute Gasteiger partial charge is 0.278 e. The molecule has 10 nitrogen and oxygen atoms in total. The summed E-state index contributed by atoms with van der Waals surface area (Å²) in [5.74, 6) is -0.424. The summed E-state index contributed by atoms with van der Waals surface area (Å²) in [7, 11) is 3.61. The second-order valence-corrected chi connectivity index (χ2v) is 10.1. The van der Waals surface area contributed by atoms with Crippen molar-refractivity contribution >= 4 is 28.7 Å². The topological polar surface area (TPSA) is 91.1 Å². The Labute approximate surface area is 230 Å². The van der Waals surface area contributed by atoms with Crippen LogP contribution in [0.3, 0.4) is 0 Å². The van der Waals surface area contributed by atoms with Gasteiger partial charge in [-0.15, -0.1) is 0 Å². The zero-order chi connectivity index (χ0) is 27.8. The van der Waals surface area contributed by atoms with Crippen molar-refractivity contribution in [3.63, 3.8) is 0 Å². The lowest BCUT2D eigenvalue weighted by Crippen LogP contribution is -2.44. The Morgan fingerprint density at radius 1 is 1.07 bits per heavy atom. The van der Waals surface area contributed by atoms with Crippen molar-refractivity contribution in [1.29, 1.82) is 0 Å². The van der Waals surface area contributed by atoms with E-state index in [1.165, 1.54) is 19.4 Å². The van der Waals surface area contributed by atoms with Gasteiger partial charge in [-0.1, -0.05) is 0 Å². The monoisotopic (exact) mass is 548 g/mol. The van der Waals surface area contributed by atoms with E-state index in [-0.39, 0.29) is 11.7 Å². The van der Waals surface area contributed by atoms with E-state index >= 15 is 0 Å². The first-order valence-corrected chi connectivity index (χ1v) is 13.3. The minimum Gasteiger partial charge on any atom is -0.494 e. The van der Waals surface area contributed by atoms with Gasteiger partial charge in [-0.05, 0) is 44.2 Å². The number of amides is 1. The van der Waals surface area contributed by atoms with Gasteiger partial charge in [-0.2, -0.15) is 5.10 Å². The molecule has 3 aromatic heterocycles. The zero-order valence-electron chi connectivity index (χ0n) is 22.3. The van der Waals surface area contributed by atoms with Crippen molar-refractivity contribution in [2.75, 3.05) is 62.0 Å². The average molecular weight is 549 g/mol. The Bertz CT molecular complexity index is 1550. The molecule has 5 heterocycles. The predicted octanol–water partition coefficient (Wildman–Crippen LogP) is 3.76. The second kappa shape index (κ2) is 10.7. The lowest BCUT2D eigenvalue weighted by atomic mass is 10.0. The molecule has 40 heavy (non-hydrogen) atoms. The lowest BCUT2D eigenvalue weighted by molar-refractivity contribution is 0.101. The number of fused-ring (bicyclic) bond motifs is 1. The van der Waals surface area contributed by atoms with Gasteiger partial charge >= 0.3 is 0 Å². The third kappa shape index (κ3) is 4.90. The molecule has 0 spiro atoms. The lowest BCUT2D eigenvalue weighted by Gasteiger charge is -2.34. The number of ether oxygens (including phenoxy) is 1. The van der Waals surface area contributed by atoms with Crippen LogP contribution in [0.4, 0.5) is 26.0 Å². The van der Waals surface area contributed by atoms with E-state index in [4.69, 9.17) is 9.72 Å². The van der Waals surface area contributed by atoms with Crippen molar-refractivity contribution in [3.05, 3.63) is 71.8 Å². The number of piperazine rings is 1. The molecule has 0 radical (unpaired) electrons. The standard InChI is InChI=1S/C28H30F2N8O2/c1-35-10-12-36(13-11-35)19-15-24(40-2)26(31-16-19)28(39)33-22-17-32-38-9-7-25(34-27(22)38)37-8-3-4-23(37)20-14-18(29)5-6-21(20)30/h5-7,9,14-17,23H,3-4,8,10-13H2,1-2H3,(H,33,39)/t23-/m1/s1. The third-order valence-electron chi connectivity index (χ3n) is 7.61. The van der Waals surface area contributed by atoms with Crippen LogP contribution >= 0.6 is 0 Å². The Morgan fingerprint density at radius 3 is 2.70 bits per heavy atom. The molecule has 2 aliphatic heterocycles. The number of anilines is 3. The first-order chi connectivity index (χ1) is 19.4. The molecular weight excluding hydrogens is 518 g/mol. The summed E-state index contributed by atoms with van der Waals surface area (Å²) in [5, 5.41) is 7.17. The molecule has 6 rings (SSSR count). The fourth-order valence-corrected chi connectivity index (χ4v) is 5.42. The molecule has 12 heteroatoms. The van der Waals surface area contributed by atoms with E-state index in [0.717, 1.165) is 50.4 Å². The van der Waals surface area contributed by atoms with Crippen molar-refractivity contribution < 1.29 is 18.3 Å². The van der Waals surface area contributed by atoms with Crippen LogP contribution in [0.15, 0.2) is 48.9 Å². The average Bonchev–Trinajstić information content (AvgIpc) is 3.61. The summed E-state index contributed by atoms with van der Waals surface area (Å²) >= 11 is 0. The summed E-state index contributed by atoms with van der Waals surface area (Å²) in [6, 6.07) is 6.78. The second-order valence-electron chi connectivity index (χ2n) is 10.1. The van der Waals surface area contributed by atoms with Crippen molar-refractivity contribution in [2.24, 2.45) is 0 Å². The highest BCUT2D eigenvalue weighted by Gasteiger charge is 2.30. The minimum atomic E-state index is -0.479. The van der Waals surface area contributed by atoms with Gasteiger partial charge in [-0.3, -0.25) is 4.79 Å². The molecule has 4 aromatic rings. The number of aromatic nitrogens is 4. The van der Waals surface area contributed by atoms with Crippen LogP contribution < -0.4 is 19.9 Å². The highest BCUT2D eigenvalue weighted by Crippen LogP contribution is 2.37. The van der Waals surface area contributed by atoms with Crippen LogP contribution in [-0.2, 0) is 0 Å². The van der Waals surface area contributed by atoms with Crippen LogP contribution in [-0.4, -0.2) is 77.3 Å². The number of pyridine rings is 1. The van der Waals surface area contributed by atoms with E-state index in [1.54, 1.807) is 23.0 Å². The highest BCUT2D eigenvalue weighted by atomic mass is 19.1. The van der Waals surface area contributed by atoms with Gasteiger partial charge in [-0.25, -0.2) is 23.3 Å². The molecule has 0 aliphatic carbocycles. The number of methoxy groups -OCH3 is 1. The van der Waals surface area contributed by atoms with Crippen LogP contribution in [0.25, 0.3) is 5.65 Å². The number of halogens is 2. The first-order valence-electron chi connectivity index (χ1n) is 13.3.